The minimum Gasteiger partial charge on any atom is -0.366 e. The summed E-state index contributed by atoms with van der Waals surface area (Å²) in [4.78, 5) is 11.2. The van der Waals surface area contributed by atoms with Crippen molar-refractivity contribution in [1.82, 2.24) is 15.3 Å². The Balaban J connectivity index is 1.82. The van der Waals surface area contributed by atoms with E-state index in [1.807, 2.05) is 36.7 Å². The number of benzene rings is 1. The largest absolute Gasteiger partial charge is 0.366 e. The zero-order valence-corrected chi connectivity index (χ0v) is 11.3. The second-order valence-electron chi connectivity index (χ2n) is 4.51. The molecule has 0 unspecified atom stereocenters. The Morgan fingerprint density at radius 2 is 1.84 bits per heavy atom. The minimum absolute atomic E-state index is 0.701. The highest BCUT2D eigenvalue weighted by Crippen LogP contribution is 2.20. The molecule has 1 saturated heterocycles. The lowest BCUT2D eigenvalue weighted by Gasteiger charge is -2.28. The van der Waals surface area contributed by atoms with Gasteiger partial charge in [-0.15, -0.1) is 0 Å². The molecule has 0 bridgehead atoms. The zero-order valence-electron chi connectivity index (χ0n) is 10.5. The summed E-state index contributed by atoms with van der Waals surface area (Å²) in [7, 11) is 0. The van der Waals surface area contributed by atoms with Crippen LogP contribution in [0.25, 0.3) is 11.4 Å². The van der Waals surface area contributed by atoms with Crippen molar-refractivity contribution in [3.8, 4) is 11.4 Å². The van der Waals surface area contributed by atoms with Crippen LogP contribution >= 0.6 is 11.6 Å². The van der Waals surface area contributed by atoms with Crippen molar-refractivity contribution in [2.45, 2.75) is 0 Å². The molecule has 0 spiro atoms. The first kappa shape index (κ1) is 12.4. The standard InChI is InChI=1S/C14H15ClN4/c15-12-3-1-2-11(8-12)14-17-9-13(10-18-14)19-6-4-16-5-7-19/h1-3,8-10,16H,4-7H2. The predicted octanol–water partition coefficient (Wildman–Crippen LogP) is 2.21. The molecule has 3 rings (SSSR count). The fourth-order valence-electron chi connectivity index (χ4n) is 2.18. The highest BCUT2D eigenvalue weighted by molar-refractivity contribution is 6.30. The van der Waals surface area contributed by atoms with E-state index >= 15 is 0 Å². The number of piperazine rings is 1. The van der Waals surface area contributed by atoms with E-state index in [2.05, 4.69) is 20.2 Å². The van der Waals surface area contributed by atoms with E-state index in [0.29, 0.717) is 10.8 Å². The van der Waals surface area contributed by atoms with Gasteiger partial charge >= 0.3 is 0 Å². The fraction of sp³-hybridized carbons (Fsp3) is 0.286. The van der Waals surface area contributed by atoms with Gasteiger partial charge in [0.15, 0.2) is 5.82 Å². The molecular weight excluding hydrogens is 260 g/mol. The molecule has 0 aliphatic carbocycles. The molecule has 1 N–H and O–H groups in total. The molecule has 0 atom stereocenters. The molecule has 0 amide bonds. The van der Waals surface area contributed by atoms with Gasteiger partial charge in [0.1, 0.15) is 0 Å². The zero-order chi connectivity index (χ0) is 13.1. The van der Waals surface area contributed by atoms with Crippen LogP contribution in [0.2, 0.25) is 5.02 Å². The number of nitrogens with zero attached hydrogens (tertiary/aromatic N) is 3. The third-order valence-electron chi connectivity index (χ3n) is 3.20. The monoisotopic (exact) mass is 274 g/mol. The van der Waals surface area contributed by atoms with Crippen molar-refractivity contribution in [2.24, 2.45) is 0 Å². The van der Waals surface area contributed by atoms with E-state index in [-0.39, 0.29) is 0 Å². The van der Waals surface area contributed by atoms with Crippen LogP contribution in [0, 0.1) is 0 Å². The van der Waals surface area contributed by atoms with Gasteiger partial charge < -0.3 is 10.2 Å². The Morgan fingerprint density at radius 1 is 1.11 bits per heavy atom. The summed E-state index contributed by atoms with van der Waals surface area (Å²) in [6, 6.07) is 7.60. The molecule has 2 aromatic rings. The summed E-state index contributed by atoms with van der Waals surface area (Å²) in [5, 5.41) is 4.03. The average Bonchev–Trinajstić information content (AvgIpc) is 2.48. The van der Waals surface area contributed by atoms with E-state index in [9.17, 15) is 0 Å². The van der Waals surface area contributed by atoms with Crippen molar-refractivity contribution in [3.05, 3.63) is 41.7 Å². The van der Waals surface area contributed by atoms with Crippen LogP contribution in [0.4, 0.5) is 5.69 Å². The van der Waals surface area contributed by atoms with Gasteiger partial charge in [-0.25, -0.2) is 9.97 Å². The van der Waals surface area contributed by atoms with Crippen molar-refractivity contribution in [3.63, 3.8) is 0 Å². The van der Waals surface area contributed by atoms with Gasteiger partial charge in [-0.3, -0.25) is 0 Å². The van der Waals surface area contributed by atoms with Crippen molar-refractivity contribution < 1.29 is 0 Å². The summed E-state index contributed by atoms with van der Waals surface area (Å²) in [6.07, 6.45) is 3.77. The molecule has 1 aromatic heterocycles. The van der Waals surface area contributed by atoms with E-state index in [0.717, 1.165) is 37.4 Å². The van der Waals surface area contributed by atoms with Crippen molar-refractivity contribution in [2.75, 3.05) is 31.1 Å². The number of hydrogen-bond donors (Lipinski definition) is 1. The maximum Gasteiger partial charge on any atom is 0.159 e. The maximum atomic E-state index is 5.98. The first-order chi connectivity index (χ1) is 9.33. The molecule has 4 nitrogen and oxygen atoms in total. The lowest BCUT2D eigenvalue weighted by molar-refractivity contribution is 0.588. The van der Waals surface area contributed by atoms with Crippen molar-refractivity contribution in [1.29, 1.82) is 0 Å². The van der Waals surface area contributed by atoms with Crippen LogP contribution in [0.1, 0.15) is 0 Å². The Bertz CT molecular complexity index is 550. The smallest absolute Gasteiger partial charge is 0.159 e. The first-order valence-electron chi connectivity index (χ1n) is 6.36. The summed E-state index contributed by atoms with van der Waals surface area (Å²) in [5.74, 6) is 0.710. The van der Waals surface area contributed by atoms with E-state index in [1.165, 1.54) is 0 Å². The van der Waals surface area contributed by atoms with Crippen LogP contribution in [-0.4, -0.2) is 36.1 Å². The topological polar surface area (TPSA) is 41.1 Å². The molecule has 1 aromatic carbocycles. The SMILES string of the molecule is Clc1cccc(-c2ncc(N3CCNCC3)cn2)c1. The Kier molecular flexibility index (Phi) is 3.62. The summed E-state index contributed by atoms with van der Waals surface area (Å²) < 4.78 is 0. The van der Waals surface area contributed by atoms with E-state index in [4.69, 9.17) is 11.6 Å². The molecule has 5 heteroatoms. The molecule has 2 heterocycles. The van der Waals surface area contributed by atoms with Crippen LogP contribution in [0.5, 0.6) is 0 Å². The predicted molar refractivity (Wildman–Crippen MR) is 77.6 cm³/mol. The van der Waals surface area contributed by atoms with Crippen LogP contribution in [-0.2, 0) is 0 Å². The van der Waals surface area contributed by atoms with Gasteiger partial charge in [-0.2, -0.15) is 0 Å². The molecular formula is C14H15ClN4. The Labute approximate surface area is 117 Å². The minimum atomic E-state index is 0.701. The van der Waals surface area contributed by atoms with Gasteiger partial charge in [-0.05, 0) is 12.1 Å². The fourth-order valence-corrected chi connectivity index (χ4v) is 2.37. The highest BCUT2D eigenvalue weighted by Gasteiger charge is 2.11. The van der Waals surface area contributed by atoms with E-state index in [1.54, 1.807) is 0 Å². The van der Waals surface area contributed by atoms with Crippen LogP contribution in [0.3, 0.4) is 0 Å². The van der Waals surface area contributed by atoms with Crippen LogP contribution < -0.4 is 10.2 Å². The van der Waals surface area contributed by atoms with Crippen LogP contribution in [0.15, 0.2) is 36.7 Å². The molecule has 0 saturated carbocycles. The second-order valence-corrected chi connectivity index (χ2v) is 4.95. The number of anilines is 1. The van der Waals surface area contributed by atoms with Crippen molar-refractivity contribution >= 4 is 17.3 Å². The lowest BCUT2D eigenvalue weighted by atomic mass is 10.2. The molecule has 1 aliphatic heterocycles. The maximum absolute atomic E-state index is 5.98. The molecule has 1 fully saturated rings. The summed E-state index contributed by atoms with van der Waals surface area (Å²) in [6.45, 7) is 4.02. The third kappa shape index (κ3) is 2.85. The molecule has 1 aliphatic rings. The number of halogens is 1. The Morgan fingerprint density at radius 3 is 2.53 bits per heavy atom. The van der Waals surface area contributed by atoms with Gasteiger partial charge in [0, 0.05) is 36.8 Å². The molecule has 19 heavy (non-hydrogen) atoms. The van der Waals surface area contributed by atoms with E-state index < -0.39 is 0 Å². The molecule has 0 radical (unpaired) electrons. The summed E-state index contributed by atoms with van der Waals surface area (Å²) in [5.41, 5.74) is 2.02. The van der Waals surface area contributed by atoms with Gasteiger partial charge in [0.05, 0.1) is 18.1 Å². The Hall–Kier alpha value is -1.65. The number of aromatic nitrogens is 2. The second kappa shape index (κ2) is 5.55. The normalized spacial score (nSPS) is 15.5. The van der Waals surface area contributed by atoms with Gasteiger partial charge in [-0.1, -0.05) is 23.7 Å². The highest BCUT2D eigenvalue weighted by atomic mass is 35.5. The van der Waals surface area contributed by atoms with Gasteiger partial charge in [0.25, 0.3) is 0 Å². The number of rotatable bonds is 2. The number of nitrogens with one attached hydrogen (secondary N) is 1. The average molecular weight is 275 g/mol. The summed E-state index contributed by atoms with van der Waals surface area (Å²) >= 11 is 5.98. The number of hydrogen-bond acceptors (Lipinski definition) is 4. The molecule has 98 valence electrons. The quantitative estimate of drug-likeness (QED) is 0.912. The first-order valence-corrected chi connectivity index (χ1v) is 6.74. The lowest BCUT2D eigenvalue weighted by Crippen LogP contribution is -2.43. The third-order valence-corrected chi connectivity index (χ3v) is 3.44. The van der Waals surface area contributed by atoms with Gasteiger partial charge in [0.2, 0.25) is 0 Å².